The molecule has 0 aliphatic carbocycles. The molecule has 0 aromatic carbocycles. The average Bonchev–Trinajstić information content (AvgIpc) is 2.29. The number of primary amides is 1. The molecule has 7 nitrogen and oxygen atoms in total. The Hall–Kier alpha value is -2.28. The standard InChI is InChI=1S/C11H13N3O4/c12-9(16)6-11(13,10(17)18)8(15)5-7-3-1-2-4-14-7/h1-4H,5-6,13H2,(H2,12,16)(H,17,18). The SMILES string of the molecule is NC(=O)CC(N)(C(=O)O)C(=O)Cc1ccccn1. The van der Waals surface area contributed by atoms with Gasteiger partial charge in [0.2, 0.25) is 5.91 Å². The van der Waals surface area contributed by atoms with Crippen LogP contribution in [0.3, 0.4) is 0 Å². The van der Waals surface area contributed by atoms with E-state index in [0.29, 0.717) is 5.69 Å². The molecule has 0 aliphatic rings. The third-order valence-corrected chi connectivity index (χ3v) is 2.40. The van der Waals surface area contributed by atoms with Gasteiger partial charge in [-0.3, -0.25) is 14.6 Å². The fourth-order valence-corrected chi connectivity index (χ4v) is 1.39. The lowest BCUT2D eigenvalue weighted by molar-refractivity contribution is -0.150. The van der Waals surface area contributed by atoms with E-state index in [1.54, 1.807) is 18.2 Å². The van der Waals surface area contributed by atoms with E-state index in [2.05, 4.69) is 4.98 Å². The van der Waals surface area contributed by atoms with Gasteiger partial charge in [-0.15, -0.1) is 0 Å². The summed E-state index contributed by atoms with van der Waals surface area (Å²) < 4.78 is 0. The highest BCUT2D eigenvalue weighted by atomic mass is 16.4. The molecular formula is C11H13N3O4. The first-order valence-corrected chi connectivity index (χ1v) is 5.10. The van der Waals surface area contributed by atoms with Crippen LogP contribution in [-0.2, 0) is 20.8 Å². The van der Waals surface area contributed by atoms with Gasteiger partial charge in [-0.1, -0.05) is 6.07 Å². The summed E-state index contributed by atoms with van der Waals surface area (Å²) in [5, 5.41) is 8.96. The summed E-state index contributed by atoms with van der Waals surface area (Å²) in [6, 6.07) is 4.87. The Kier molecular flexibility index (Phi) is 4.11. The summed E-state index contributed by atoms with van der Waals surface area (Å²) in [6.07, 6.45) is 0.459. The van der Waals surface area contributed by atoms with E-state index in [1.807, 2.05) is 0 Å². The van der Waals surface area contributed by atoms with Gasteiger partial charge in [0.1, 0.15) is 0 Å². The van der Waals surface area contributed by atoms with Crippen molar-refractivity contribution in [2.24, 2.45) is 11.5 Å². The summed E-state index contributed by atoms with van der Waals surface area (Å²) in [4.78, 5) is 37.5. The fourth-order valence-electron chi connectivity index (χ4n) is 1.39. The number of aliphatic carboxylic acids is 1. The van der Waals surface area contributed by atoms with Crippen molar-refractivity contribution in [1.29, 1.82) is 0 Å². The molecule has 0 spiro atoms. The number of carbonyl (C=O) groups is 3. The van der Waals surface area contributed by atoms with Gasteiger partial charge in [-0.25, -0.2) is 4.79 Å². The lowest BCUT2D eigenvalue weighted by Crippen LogP contribution is -2.57. The Bertz CT molecular complexity index is 474. The maximum Gasteiger partial charge on any atom is 0.332 e. The van der Waals surface area contributed by atoms with Crippen LogP contribution in [0.4, 0.5) is 0 Å². The number of carboxylic acid groups (broad SMARTS) is 1. The Morgan fingerprint density at radius 2 is 2.00 bits per heavy atom. The van der Waals surface area contributed by atoms with Crippen molar-refractivity contribution in [3.8, 4) is 0 Å². The van der Waals surface area contributed by atoms with Crippen LogP contribution in [0.1, 0.15) is 12.1 Å². The first-order chi connectivity index (χ1) is 8.36. The van der Waals surface area contributed by atoms with Crippen LogP contribution in [0.5, 0.6) is 0 Å². The van der Waals surface area contributed by atoms with Crippen molar-refractivity contribution in [1.82, 2.24) is 4.98 Å². The molecule has 18 heavy (non-hydrogen) atoms. The molecule has 1 amide bonds. The van der Waals surface area contributed by atoms with Gasteiger partial charge >= 0.3 is 5.97 Å². The van der Waals surface area contributed by atoms with E-state index in [-0.39, 0.29) is 6.42 Å². The number of ketones is 1. The zero-order valence-corrected chi connectivity index (χ0v) is 9.50. The van der Waals surface area contributed by atoms with Crippen molar-refractivity contribution < 1.29 is 19.5 Å². The number of hydrogen-bond donors (Lipinski definition) is 3. The van der Waals surface area contributed by atoms with Gasteiger partial charge in [0.05, 0.1) is 12.8 Å². The second-order valence-corrected chi connectivity index (χ2v) is 3.84. The van der Waals surface area contributed by atoms with Crippen molar-refractivity contribution in [2.75, 3.05) is 0 Å². The molecule has 0 aliphatic heterocycles. The predicted molar refractivity (Wildman–Crippen MR) is 61.3 cm³/mol. The average molecular weight is 251 g/mol. The molecule has 1 aromatic rings. The molecule has 0 saturated heterocycles. The normalized spacial score (nSPS) is 13.6. The molecule has 0 radical (unpaired) electrons. The number of nitrogens with zero attached hydrogens (tertiary/aromatic N) is 1. The van der Waals surface area contributed by atoms with Gasteiger partial charge in [0, 0.05) is 11.9 Å². The molecule has 1 rings (SSSR count). The number of carboxylic acids is 1. The van der Waals surface area contributed by atoms with Crippen LogP contribution in [0, 0.1) is 0 Å². The van der Waals surface area contributed by atoms with Crippen LogP contribution in [-0.4, -0.2) is 33.3 Å². The lowest BCUT2D eigenvalue weighted by Gasteiger charge is -2.21. The molecule has 1 unspecified atom stereocenters. The smallest absolute Gasteiger partial charge is 0.332 e. The molecule has 0 saturated carbocycles. The Balaban J connectivity index is 2.91. The monoisotopic (exact) mass is 251 g/mol. The van der Waals surface area contributed by atoms with Gasteiger partial charge in [0.25, 0.3) is 0 Å². The third kappa shape index (κ3) is 3.11. The van der Waals surface area contributed by atoms with Crippen LogP contribution in [0.25, 0.3) is 0 Å². The van der Waals surface area contributed by atoms with Crippen molar-refractivity contribution in [3.05, 3.63) is 30.1 Å². The molecule has 1 atom stereocenters. The Labute approximate surface area is 103 Å². The minimum atomic E-state index is -2.30. The maximum absolute atomic E-state index is 11.9. The van der Waals surface area contributed by atoms with Crippen molar-refractivity contribution >= 4 is 17.7 Å². The van der Waals surface area contributed by atoms with Gasteiger partial charge < -0.3 is 16.6 Å². The van der Waals surface area contributed by atoms with E-state index >= 15 is 0 Å². The molecule has 1 aromatic heterocycles. The highest BCUT2D eigenvalue weighted by molar-refractivity contribution is 6.10. The summed E-state index contributed by atoms with van der Waals surface area (Å²) in [5.74, 6) is -3.34. The maximum atomic E-state index is 11.9. The predicted octanol–water partition coefficient (Wildman–Crippen LogP) is -1.15. The van der Waals surface area contributed by atoms with E-state index in [1.165, 1.54) is 6.20 Å². The largest absolute Gasteiger partial charge is 0.480 e. The summed E-state index contributed by atoms with van der Waals surface area (Å²) in [6.45, 7) is 0. The molecule has 0 bridgehead atoms. The molecule has 96 valence electrons. The minimum absolute atomic E-state index is 0.267. The van der Waals surface area contributed by atoms with Crippen molar-refractivity contribution in [3.63, 3.8) is 0 Å². The number of aromatic nitrogens is 1. The van der Waals surface area contributed by atoms with Crippen LogP contribution < -0.4 is 11.5 Å². The Morgan fingerprint density at radius 1 is 1.33 bits per heavy atom. The topological polar surface area (TPSA) is 136 Å². The zero-order valence-electron chi connectivity index (χ0n) is 9.50. The van der Waals surface area contributed by atoms with E-state index in [0.717, 1.165) is 0 Å². The fraction of sp³-hybridized carbons (Fsp3) is 0.273. The van der Waals surface area contributed by atoms with Crippen molar-refractivity contribution in [2.45, 2.75) is 18.4 Å². The van der Waals surface area contributed by atoms with Crippen LogP contribution >= 0.6 is 0 Å². The summed E-state index contributed by atoms with van der Waals surface area (Å²) >= 11 is 0. The van der Waals surface area contributed by atoms with Crippen LogP contribution in [0.2, 0.25) is 0 Å². The third-order valence-electron chi connectivity index (χ3n) is 2.40. The van der Waals surface area contributed by atoms with E-state index < -0.39 is 29.6 Å². The number of hydrogen-bond acceptors (Lipinski definition) is 5. The summed E-state index contributed by atoms with van der Waals surface area (Å²) in [7, 11) is 0. The first kappa shape index (κ1) is 13.8. The van der Waals surface area contributed by atoms with Crippen LogP contribution in [0.15, 0.2) is 24.4 Å². The number of pyridine rings is 1. The number of amides is 1. The van der Waals surface area contributed by atoms with Gasteiger partial charge in [-0.05, 0) is 12.1 Å². The molecule has 7 heteroatoms. The minimum Gasteiger partial charge on any atom is -0.480 e. The number of rotatable bonds is 6. The first-order valence-electron chi connectivity index (χ1n) is 5.10. The highest BCUT2D eigenvalue weighted by Gasteiger charge is 2.43. The molecule has 1 heterocycles. The Morgan fingerprint density at radius 3 is 2.44 bits per heavy atom. The lowest BCUT2D eigenvalue weighted by atomic mass is 9.88. The number of Topliss-reactive ketones (excluding diaryl/α,β-unsaturated/α-hetero) is 1. The highest BCUT2D eigenvalue weighted by Crippen LogP contribution is 2.12. The van der Waals surface area contributed by atoms with Gasteiger partial charge in [0.15, 0.2) is 11.3 Å². The second-order valence-electron chi connectivity index (χ2n) is 3.84. The zero-order chi connectivity index (χ0) is 13.8. The molecule has 0 fully saturated rings. The van der Waals surface area contributed by atoms with Gasteiger partial charge in [-0.2, -0.15) is 0 Å². The van der Waals surface area contributed by atoms with E-state index in [9.17, 15) is 14.4 Å². The quantitative estimate of drug-likeness (QED) is 0.546. The molecule has 5 N–H and O–H groups in total. The number of carbonyl (C=O) groups excluding carboxylic acids is 2. The second kappa shape index (κ2) is 5.37. The number of nitrogens with two attached hydrogens (primary N) is 2. The summed E-state index contributed by atoms with van der Waals surface area (Å²) in [5.41, 5.74) is 8.43. The molecular weight excluding hydrogens is 238 g/mol. The van der Waals surface area contributed by atoms with E-state index in [4.69, 9.17) is 16.6 Å².